The topological polar surface area (TPSA) is 67.3 Å². The minimum Gasteiger partial charge on any atom is -0.497 e. The van der Waals surface area contributed by atoms with Crippen LogP contribution in [0.4, 0.5) is 5.82 Å². The summed E-state index contributed by atoms with van der Waals surface area (Å²) in [5.74, 6) is 1.73. The van der Waals surface area contributed by atoms with E-state index in [-0.39, 0.29) is 11.9 Å². The van der Waals surface area contributed by atoms with Crippen LogP contribution in [-0.2, 0) is 11.2 Å². The summed E-state index contributed by atoms with van der Waals surface area (Å²) in [6, 6.07) is 7.84. The van der Waals surface area contributed by atoms with Crippen LogP contribution in [0, 0.1) is 0 Å². The monoisotopic (exact) mass is 326 g/mol. The lowest BCUT2D eigenvalue weighted by Gasteiger charge is -2.32. The minimum atomic E-state index is 0.0567. The van der Waals surface area contributed by atoms with Crippen molar-refractivity contribution in [3.05, 3.63) is 48.4 Å². The number of hydrogen-bond donors (Lipinski definition) is 1. The first-order valence-electron chi connectivity index (χ1n) is 8.18. The third-order valence-electron chi connectivity index (χ3n) is 4.23. The molecule has 0 bridgehead atoms. The molecule has 1 aromatic carbocycles. The summed E-state index contributed by atoms with van der Waals surface area (Å²) in [5, 5.41) is 3.13. The summed E-state index contributed by atoms with van der Waals surface area (Å²) < 4.78 is 5.19. The first-order chi connectivity index (χ1) is 11.7. The van der Waals surface area contributed by atoms with E-state index in [9.17, 15) is 4.79 Å². The van der Waals surface area contributed by atoms with Crippen LogP contribution in [0.2, 0.25) is 0 Å². The number of piperidine rings is 1. The fraction of sp³-hybridized carbons (Fsp3) is 0.389. The van der Waals surface area contributed by atoms with Crippen molar-refractivity contribution in [3.63, 3.8) is 0 Å². The van der Waals surface area contributed by atoms with Gasteiger partial charge in [-0.1, -0.05) is 12.1 Å². The van der Waals surface area contributed by atoms with Crippen LogP contribution in [0.25, 0.3) is 0 Å². The van der Waals surface area contributed by atoms with Crippen molar-refractivity contribution < 1.29 is 9.53 Å². The van der Waals surface area contributed by atoms with Crippen molar-refractivity contribution >= 4 is 11.7 Å². The van der Waals surface area contributed by atoms with Gasteiger partial charge in [0.05, 0.1) is 19.7 Å². The third-order valence-corrected chi connectivity index (χ3v) is 4.23. The van der Waals surface area contributed by atoms with E-state index >= 15 is 0 Å². The van der Waals surface area contributed by atoms with E-state index in [2.05, 4.69) is 20.2 Å². The van der Waals surface area contributed by atoms with Crippen LogP contribution < -0.4 is 15.0 Å². The number of nitrogens with one attached hydrogen (secondary N) is 1. The van der Waals surface area contributed by atoms with Gasteiger partial charge in [0.15, 0.2) is 0 Å². The lowest BCUT2D eigenvalue weighted by atomic mass is 10.0. The van der Waals surface area contributed by atoms with Crippen molar-refractivity contribution in [3.8, 4) is 5.75 Å². The summed E-state index contributed by atoms with van der Waals surface area (Å²) in [7, 11) is 1.63. The lowest BCUT2D eigenvalue weighted by molar-refractivity contribution is -0.121. The molecule has 6 nitrogen and oxygen atoms in total. The Balaban J connectivity index is 1.48. The van der Waals surface area contributed by atoms with Gasteiger partial charge in [-0.25, -0.2) is 4.98 Å². The van der Waals surface area contributed by atoms with Gasteiger partial charge < -0.3 is 15.0 Å². The van der Waals surface area contributed by atoms with Crippen molar-refractivity contribution in [2.45, 2.75) is 25.3 Å². The molecule has 0 atom stereocenters. The van der Waals surface area contributed by atoms with Gasteiger partial charge in [0, 0.05) is 31.5 Å². The highest BCUT2D eigenvalue weighted by Crippen LogP contribution is 2.17. The molecule has 0 spiro atoms. The molecule has 1 aliphatic heterocycles. The van der Waals surface area contributed by atoms with Gasteiger partial charge in [0.25, 0.3) is 0 Å². The Morgan fingerprint density at radius 1 is 1.33 bits per heavy atom. The van der Waals surface area contributed by atoms with Crippen molar-refractivity contribution in [2.24, 2.45) is 0 Å². The minimum absolute atomic E-state index is 0.0567. The molecule has 0 unspecified atom stereocenters. The van der Waals surface area contributed by atoms with E-state index in [1.54, 1.807) is 25.7 Å². The zero-order chi connectivity index (χ0) is 16.8. The molecule has 2 heterocycles. The fourth-order valence-corrected chi connectivity index (χ4v) is 2.95. The van der Waals surface area contributed by atoms with Crippen molar-refractivity contribution in [1.82, 2.24) is 15.3 Å². The number of carbonyl (C=O) groups is 1. The van der Waals surface area contributed by atoms with Gasteiger partial charge in [0.1, 0.15) is 11.6 Å². The zero-order valence-corrected chi connectivity index (χ0v) is 13.8. The van der Waals surface area contributed by atoms with Crippen LogP contribution in [0.5, 0.6) is 5.75 Å². The quantitative estimate of drug-likeness (QED) is 0.908. The average molecular weight is 326 g/mol. The van der Waals surface area contributed by atoms with Crippen LogP contribution in [0.1, 0.15) is 18.4 Å². The number of rotatable bonds is 5. The summed E-state index contributed by atoms with van der Waals surface area (Å²) in [6.07, 6.45) is 7.37. The van der Waals surface area contributed by atoms with Gasteiger partial charge in [-0.05, 0) is 30.5 Å². The Morgan fingerprint density at radius 2 is 2.17 bits per heavy atom. The number of aromatic nitrogens is 2. The molecule has 126 valence electrons. The molecule has 0 saturated carbocycles. The number of carbonyl (C=O) groups excluding carboxylic acids is 1. The second-order valence-electron chi connectivity index (χ2n) is 5.92. The largest absolute Gasteiger partial charge is 0.497 e. The van der Waals surface area contributed by atoms with E-state index in [1.165, 1.54) is 0 Å². The molecule has 1 fully saturated rings. The summed E-state index contributed by atoms with van der Waals surface area (Å²) in [4.78, 5) is 22.9. The van der Waals surface area contributed by atoms with Gasteiger partial charge in [-0.3, -0.25) is 9.78 Å². The summed E-state index contributed by atoms with van der Waals surface area (Å²) >= 11 is 0. The molecule has 1 N–H and O–H groups in total. The van der Waals surface area contributed by atoms with Crippen LogP contribution >= 0.6 is 0 Å². The van der Waals surface area contributed by atoms with Crippen LogP contribution in [0.15, 0.2) is 42.9 Å². The molecule has 1 aliphatic rings. The molecular formula is C18H22N4O2. The molecule has 1 amide bonds. The van der Waals surface area contributed by atoms with E-state index in [4.69, 9.17) is 4.74 Å². The predicted octanol–water partition coefficient (Wildman–Crippen LogP) is 1.81. The average Bonchev–Trinajstić information content (AvgIpc) is 2.63. The van der Waals surface area contributed by atoms with E-state index in [0.29, 0.717) is 6.42 Å². The highest BCUT2D eigenvalue weighted by atomic mass is 16.5. The number of amides is 1. The van der Waals surface area contributed by atoms with E-state index in [0.717, 1.165) is 43.1 Å². The molecular weight excluding hydrogens is 304 g/mol. The highest BCUT2D eigenvalue weighted by molar-refractivity contribution is 5.79. The second-order valence-corrected chi connectivity index (χ2v) is 5.92. The predicted molar refractivity (Wildman–Crippen MR) is 92.1 cm³/mol. The number of benzene rings is 1. The molecule has 0 radical (unpaired) electrons. The number of methoxy groups -OCH3 is 1. The van der Waals surface area contributed by atoms with Gasteiger partial charge >= 0.3 is 0 Å². The number of ether oxygens (including phenoxy) is 1. The van der Waals surface area contributed by atoms with Crippen molar-refractivity contribution in [2.75, 3.05) is 25.1 Å². The molecule has 0 aliphatic carbocycles. The normalized spacial score (nSPS) is 15.1. The Labute approximate surface area is 141 Å². The Morgan fingerprint density at radius 3 is 2.88 bits per heavy atom. The Hall–Kier alpha value is -2.63. The fourth-order valence-electron chi connectivity index (χ4n) is 2.95. The van der Waals surface area contributed by atoms with Gasteiger partial charge in [-0.15, -0.1) is 0 Å². The third kappa shape index (κ3) is 4.22. The Kier molecular flexibility index (Phi) is 5.25. The van der Waals surface area contributed by atoms with E-state index < -0.39 is 0 Å². The summed E-state index contributed by atoms with van der Waals surface area (Å²) in [6.45, 7) is 1.76. The van der Waals surface area contributed by atoms with Crippen LogP contribution in [0.3, 0.4) is 0 Å². The molecule has 2 aromatic rings. The maximum atomic E-state index is 12.2. The van der Waals surface area contributed by atoms with Gasteiger partial charge in [-0.2, -0.15) is 0 Å². The number of hydrogen-bond acceptors (Lipinski definition) is 5. The number of anilines is 1. The first kappa shape index (κ1) is 16.2. The van der Waals surface area contributed by atoms with E-state index in [1.807, 2.05) is 24.3 Å². The van der Waals surface area contributed by atoms with Crippen LogP contribution in [-0.4, -0.2) is 42.1 Å². The molecule has 1 aromatic heterocycles. The maximum absolute atomic E-state index is 12.2. The Bertz CT molecular complexity index is 670. The first-order valence-corrected chi connectivity index (χ1v) is 8.18. The second kappa shape index (κ2) is 7.77. The number of nitrogens with zero attached hydrogens (tertiary/aromatic N) is 3. The zero-order valence-electron chi connectivity index (χ0n) is 13.8. The maximum Gasteiger partial charge on any atom is 0.224 e. The smallest absolute Gasteiger partial charge is 0.224 e. The molecule has 24 heavy (non-hydrogen) atoms. The molecule has 1 saturated heterocycles. The van der Waals surface area contributed by atoms with Crippen molar-refractivity contribution in [1.29, 1.82) is 0 Å². The summed E-state index contributed by atoms with van der Waals surface area (Å²) in [5.41, 5.74) is 0.962. The molecule has 6 heteroatoms. The SMILES string of the molecule is COc1cccc(CC(=O)NC2CCN(c3cnccn3)CC2)c1. The van der Waals surface area contributed by atoms with Gasteiger partial charge in [0.2, 0.25) is 5.91 Å². The molecule has 3 rings (SSSR count). The highest BCUT2D eigenvalue weighted by Gasteiger charge is 2.21. The lowest BCUT2D eigenvalue weighted by Crippen LogP contribution is -2.45. The standard InChI is InChI=1S/C18H22N4O2/c1-24-16-4-2-3-14(11-16)12-18(23)21-15-5-9-22(10-6-15)17-13-19-7-8-20-17/h2-4,7-8,11,13,15H,5-6,9-10,12H2,1H3,(H,21,23).